The van der Waals surface area contributed by atoms with Crippen LogP contribution in [0.4, 0.5) is 24.5 Å². The number of thioether (sulfide) groups is 1. The predicted molar refractivity (Wildman–Crippen MR) is 102 cm³/mol. The Balaban J connectivity index is 1.74. The first-order valence-corrected chi connectivity index (χ1v) is 9.74. The normalized spacial score (nSPS) is 14.3. The van der Waals surface area contributed by atoms with Gasteiger partial charge >= 0.3 is 6.18 Å². The zero-order chi connectivity index (χ0) is 20.1. The molecule has 1 N–H and O–H groups in total. The molecule has 6 nitrogen and oxygen atoms in total. The summed E-state index contributed by atoms with van der Waals surface area (Å²) in [7, 11) is 0. The minimum Gasteiger partial charge on any atom is -0.370 e. The molecule has 1 aromatic heterocycles. The Hall–Kier alpha value is -2.49. The summed E-state index contributed by atoms with van der Waals surface area (Å²) in [5.74, 6) is -0.399. The van der Waals surface area contributed by atoms with E-state index < -0.39 is 17.6 Å². The lowest BCUT2D eigenvalue weighted by molar-refractivity contribution is -0.137. The molecule has 28 heavy (non-hydrogen) atoms. The number of halogens is 3. The van der Waals surface area contributed by atoms with Crippen LogP contribution in [0.25, 0.3) is 0 Å². The third-order valence-electron chi connectivity index (χ3n) is 4.28. The Morgan fingerprint density at radius 1 is 1.32 bits per heavy atom. The SMILES string of the molecule is C=CCn1cnnc1SCC(=O)Nc1cc(C(F)(F)F)ccc1N1CCCC1. The molecule has 1 fully saturated rings. The van der Waals surface area contributed by atoms with E-state index in [2.05, 4.69) is 22.1 Å². The van der Waals surface area contributed by atoms with Gasteiger partial charge in [-0.25, -0.2) is 0 Å². The van der Waals surface area contributed by atoms with Crippen LogP contribution in [0.1, 0.15) is 18.4 Å². The molecule has 1 aliphatic rings. The monoisotopic (exact) mass is 411 g/mol. The van der Waals surface area contributed by atoms with E-state index in [1.165, 1.54) is 12.4 Å². The fourth-order valence-electron chi connectivity index (χ4n) is 2.98. The van der Waals surface area contributed by atoms with E-state index in [0.29, 0.717) is 17.4 Å². The first kappa shape index (κ1) is 20.2. The zero-order valence-corrected chi connectivity index (χ0v) is 15.9. The van der Waals surface area contributed by atoms with Crippen LogP contribution in [0.2, 0.25) is 0 Å². The van der Waals surface area contributed by atoms with Gasteiger partial charge in [0.05, 0.1) is 22.7 Å². The lowest BCUT2D eigenvalue weighted by Crippen LogP contribution is -2.22. The summed E-state index contributed by atoms with van der Waals surface area (Å²) >= 11 is 1.16. The second kappa shape index (κ2) is 8.68. The average molecular weight is 411 g/mol. The molecule has 0 unspecified atom stereocenters. The van der Waals surface area contributed by atoms with Crippen LogP contribution in [0, 0.1) is 0 Å². The van der Waals surface area contributed by atoms with E-state index in [1.54, 1.807) is 10.6 Å². The number of benzene rings is 1. The Labute approximate surface area is 164 Å². The molecule has 1 amide bonds. The maximum atomic E-state index is 13.1. The summed E-state index contributed by atoms with van der Waals surface area (Å²) < 4.78 is 41.1. The second-order valence-electron chi connectivity index (χ2n) is 6.32. The Morgan fingerprint density at radius 3 is 2.75 bits per heavy atom. The number of amides is 1. The standard InChI is InChI=1S/C18H20F3N5OS/c1-2-7-26-12-22-24-17(26)28-11-16(27)23-14-10-13(18(19,20)21)5-6-15(14)25-8-3-4-9-25/h2,5-6,10,12H,1,3-4,7-9,11H2,(H,23,27). The number of hydrogen-bond acceptors (Lipinski definition) is 5. The summed E-state index contributed by atoms with van der Waals surface area (Å²) in [5, 5.41) is 10.9. The maximum Gasteiger partial charge on any atom is 0.416 e. The number of allylic oxidation sites excluding steroid dienone is 1. The fourth-order valence-corrected chi connectivity index (χ4v) is 3.71. The number of aromatic nitrogens is 3. The van der Waals surface area contributed by atoms with Crippen LogP contribution in [0.3, 0.4) is 0 Å². The molecule has 0 radical (unpaired) electrons. The largest absolute Gasteiger partial charge is 0.416 e. The van der Waals surface area contributed by atoms with Crippen molar-refractivity contribution >= 4 is 29.0 Å². The minimum absolute atomic E-state index is 0.00548. The third kappa shape index (κ3) is 4.86. The van der Waals surface area contributed by atoms with Crippen molar-refractivity contribution in [1.82, 2.24) is 14.8 Å². The highest BCUT2D eigenvalue weighted by Crippen LogP contribution is 2.36. The molecule has 1 saturated heterocycles. The number of alkyl halides is 3. The molecule has 0 aliphatic carbocycles. The molecule has 0 spiro atoms. The number of anilines is 2. The van der Waals surface area contributed by atoms with Gasteiger partial charge in [-0.05, 0) is 31.0 Å². The van der Waals surface area contributed by atoms with E-state index in [9.17, 15) is 18.0 Å². The van der Waals surface area contributed by atoms with Crippen molar-refractivity contribution < 1.29 is 18.0 Å². The van der Waals surface area contributed by atoms with Gasteiger partial charge in [-0.1, -0.05) is 17.8 Å². The van der Waals surface area contributed by atoms with Crippen LogP contribution in [0.5, 0.6) is 0 Å². The van der Waals surface area contributed by atoms with Gasteiger partial charge in [-0.3, -0.25) is 4.79 Å². The highest BCUT2D eigenvalue weighted by atomic mass is 32.2. The van der Waals surface area contributed by atoms with E-state index in [4.69, 9.17) is 0 Å². The van der Waals surface area contributed by atoms with E-state index >= 15 is 0 Å². The molecule has 0 saturated carbocycles. The number of carbonyl (C=O) groups is 1. The van der Waals surface area contributed by atoms with Gasteiger partial charge in [0.25, 0.3) is 0 Å². The minimum atomic E-state index is -4.47. The summed E-state index contributed by atoms with van der Waals surface area (Å²) in [6.45, 7) is 5.66. The number of rotatable bonds is 7. The smallest absolute Gasteiger partial charge is 0.370 e. The van der Waals surface area contributed by atoms with Crippen LogP contribution in [0.15, 0.2) is 42.3 Å². The molecule has 3 rings (SSSR count). The number of nitrogens with one attached hydrogen (secondary N) is 1. The Morgan fingerprint density at radius 2 is 2.07 bits per heavy atom. The van der Waals surface area contributed by atoms with Crippen molar-refractivity contribution in [2.45, 2.75) is 30.7 Å². The van der Waals surface area contributed by atoms with E-state index in [0.717, 1.165) is 49.8 Å². The molecule has 10 heteroatoms. The highest BCUT2D eigenvalue weighted by molar-refractivity contribution is 7.99. The summed E-state index contributed by atoms with van der Waals surface area (Å²) in [5.41, 5.74) is -0.00214. The van der Waals surface area contributed by atoms with Crippen molar-refractivity contribution in [3.8, 4) is 0 Å². The second-order valence-corrected chi connectivity index (χ2v) is 7.26. The van der Waals surface area contributed by atoms with Gasteiger partial charge < -0.3 is 14.8 Å². The predicted octanol–water partition coefficient (Wildman–Crippen LogP) is 3.81. The van der Waals surface area contributed by atoms with Gasteiger partial charge in [0.15, 0.2) is 5.16 Å². The number of carbonyl (C=O) groups excluding carboxylic acids is 1. The topological polar surface area (TPSA) is 63.1 Å². The summed E-state index contributed by atoms with van der Waals surface area (Å²) in [6, 6.07) is 3.48. The molecule has 0 atom stereocenters. The van der Waals surface area contributed by atoms with Crippen LogP contribution >= 0.6 is 11.8 Å². The molecule has 2 heterocycles. The molecule has 150 valence electrons. The molecular weight excluding hydrogens is 391 g/mol. The van der Waals surface area contributed by atoms with Gasteiger partial charge in [0.2, 0.25) is 5.91 Å². The van der Waals surface area contributed by atoms with Crippen LogP contribution in [-0.4, -0.2) is 39.5 Å². The Bertz CT molecular complexity index is 846. The first-order chi connectivity index (χ1) is 13.4. The van der Waals surface area contributed by atoms with Crippen molar-refractivity contribution in [3.63, 3.8) is 0 Å². The van der Waals surface area contributed by atoms with E-state index in [-0.39, 0.29) is 11.4 Å². The van der Waals surface area contributed by atoms with E-state index in [1.807, 2.05) is 4.90 Å². The number of nitrogens with zero attached hydrogens (tertiary/aromatic N) is 4. The van der Waals surface area contributed by atoms with Gasteiger partial charge in [0, 0.05) is 19.6 Å². The summed E-state index contributed by atoms with van der Waals surface area (Å²) in [6.07, 6.45) is 0.684. The number of hydrogen-bond donors (Lipinski definition) is 1. The maximum absolute atomic E-state index is 13.1. The lowest BCUT2D eigenvalue weighted by atomic mass is 10.1. The molecule has 0 bridgehead atoms. The average Bonchev–Trinajstić information content (AvgIpc) is 3.31. The Kier molecular flexibility index (Phi) is 6.28. The van der Waals surface area contributed by atoms with Crippen molar-refractivity contribution in [2.24, 2.45) is 0 Å². The first-order valence-electron chi connectivity index (χ1n) is 8.76. The van der Waals surface area contributed by atoms with Gasteiger partial charge in [0.1, 0.15) is 6.33 Å². The highest BCUT2D eigenvalue weighted by Gasteiger charge is 2.32. The van der Waals surface area contributed by atoms with Crippen LogP contribution in [-0.2, 0) is 17.5 Å². The molecular formula is C18H20F3N5OS. The van der Waals surface area contributed by atoms with Crippen molar-refractivity contribution in [2.75, 3.05) is 29.1 Å². The molecule has 2 aromatic rings. The lowest BCUT2D eigenvalue weighted by Gasteiger charge is -2.23. The molecule has 1 aliphatic heterocycles. The fraction of sp³-hybridized carbons (Fsp3) is 0.389. The molecule has 1 aromatic carbocycles. The summed E-state index contributed by atoms with van der Waals surface area (Å²) in [4.78, 5) is 14.4. The van der Waals surface area contributed by atoms with Crippen LogP contribution < -0.4 is 10.2 Å². The van der Waals surface area contributed by atoms with Gasteiger partial charge in [-0.15, -0.1) is 16.8 Å². The quantitative estimate of drug-likeness (QED) is 0.555. The third-order valence-corrected chi connectivity index (χ3v) is 5.26. The van der Waals surface area contributed by atoms with Crippen molar-refractivity contribution in [3.05, 3.63) is 42.7 Å². The van der Waals surface area contributed by atoms with Crippen molar-refractivity contribution in [1.29, 1.82) is 0 Å². The van der Waals surface area contributed by atoms with Gasteiger partial charge in [-0.2, -0.15) is 13.2 Å². The zero-order valence-electron chi connectivity index (χ0n) is 15.1.